The SMILES string of the molecule is CCOC(=O)C(CC(=O)C1C[C@H](c2c(F)c(F)cc(F)c2F)CN1C(=O)OC(C)(C)C)C(=O)OCC. The monoisotopic (exact) mass is 519 g/mol. The van der Waals surface area contributed by atoms with Crippen molar-refractivity contribution in [1.29, 1.82) is 0 Å². The van der Waals surface area contributed by atoms with Crippen LogP contribution in [0.25, 0.3) is 0 Å². The first kappa shape index (κ1) is 29.1. The number of nitrogens with zero attached hydrogens (tertiary/aromatic N) is 1. The molecule has 0 aliphatic carbocycles. The number of Topliss-reactive ketones (excluding diaryl/α,β-unsaturated/α-hetero) is 1. The molecule has 1 unspecified atom stereocenters. The minimum absolute atomic E-state index is 0.0562. The fourth-order valence-electron chi connectivity index (χ4n) is 3.91. The molecule has 1 heterocycles. The van der Waals surface area contributed by atoms with E-state index < -0.39 is 95.5 Å². The molecular weight excluding hydrogens is 490 g/mol. The number of esters is 2. The lowest BCUT2D eigenvalue weighted by atomic mass is 9.91. The van der Waals surface area contributed by atoms with Gasteiger partial charge in [0, 0.05) is 30.5 Å². The number of amides is 1. The molecule has 0 N–H and O–H groups in total. The second-order valence-electron chi connectivity index (χ2n) is 9.19. The fraction of sp³-hybridized carbons (Fsp3) is 0.583. The molecule has 1 amide bonds. The van der Waals surface area contributed by atoms with Crippen molar-refractivity contribution in [3.63, 3.8) is 0 Å². The molecule has 200 valence electrons. The number of ketones is 1. The maximum absolute atomic E-state index is 14.5. The molecule has 0 radical (unpaired) electrons. The van der Waals surface area contributed by atoms with Gasteiger partial charge in [-0.15, -0.1) is 0 Å². The first-order chi connectivity index (χ1) is 16.7. The van der Waals surface area contributed by atoms with Gasteiger partial charge < -0.3 is 14.2 Å². The molecule has 1 aromatic carbocycles. The minimum Gasteiger partial charge on any atom is -0.465 e. The van der Waals surface area contributed by atoms with E-state index >= 15 is 0 Å². The highest BCUT2D eigenvalue weighted by Gasteiger charge is 2.46. The van der Waals surface area contributed by atoms with Gasteiger partial charge >= 0.3 is 18.0 Å². The third-order valence-corrected chi connectivity index (χ3v) is 5.40. The fourth-order valence-corrected chi connectivity index (χ4v) is 3.91. The largest absolute Gasteiger partial charge is 0.465 e. The van der Waals surface area contributed by atoms with Crippen molar-refractivity contribution in [3.8, 4) is 0 Å². The zero-order chi connectivity index (χ0) is 27.4. The lowest BCUT2D eigenvalue weighted by Gasteiger charge is -2.28. The molecule has 0 bridgehead atoms. The van der Waals surface area contributed by atoms with Gasteiger partial charge in [-0.3, -0.25) is 19.3 Å². The van der Waals surface area contributed by atoms with Crippen LogP contribution in [0.1, 0.15) is 58.9 Å². The van der Waals surface area contributed by atoms with E-state index in [-0.39, 0.29) is 19.3 Å². The second-order valence-corrected chi connectivity index (χ2v) is 9.19. The highest BCUT2D eigenvalue weighted by atomic mass is 19.2. The van der Waals surface area contributed by atoms with E-state index in [1.54, 1.807) is 20.8 Å². The Kier molecular flexibility index (Phi) is 9.44. The Hall–Kier alpha value is -3.18. The Labute approximate surface area is 205 Å². The predicted octanol–water partition coefficient (Wildman–Crippen LogP) is 4.04. The Bertz CT molecular complexity index is 980. The van der Waals surface area contributed by atoms with Crippen molar-refractivity contribution < 1.29 is 51.0 Å². The maximum Gasteiger partial charge on any atom is 0.410 e. The molecule has 1 aliphatic heterocycles. The number of benzene rings is 1. The Morgan fingerprint density at radius 3 is 1.92 bits per heavy atom. The molecule has 1 fully saturated rings. The van der Waals surface area contributed by atoms with Crippen LogP contribution in [0.5, 0.6) is 0 Å². The highest BCUT2D eigenvalue weighted by Crippen LogP contribution is 2.38. The molecule has 1 aliphatic rings. The van der Waals surface area contributed by atoms with Crippen LogP contribution in [0.15, 0.2) is 6.07 Å². The standard InChI is InChI=1S/C24H29F4NO7/c1-6-34-21(31)13(22(32)35-7-2)9-17(30)16-8-12(11-29(16)23(33)36-24(3,4)5)18-19(27)14(25)10-15(26)20(18)28/h10,12-13,16H,6-9,11H2,1-5H3/t12-,16?/m0/s1. The number of carbonyl (C=O) groups is 4. The van der Waals surface area contributed by atoms with Crippen LogP contribution in [-0.4, -0.2) is 60.1 Å². The van der Waals surface area contributed by atoms with Crippen molar-refractivity contribution in [2.45, 2.75) is 65.0 Å². The summed E-state index contributed by atoms with van der Waals surface area (Å²) in [5, 5.41) is 0. The topological polar surface area (TPSA) is 99.2 Å². The third kappa shape index (κ3) is 6.73. The smallest absolute Gasteiger partial charge is 0.410 e. The Morgan fingerprint density at radius 2 is 1.47 bits per heavy atom. The average Bonchev–Trinajstić information content (AvgIpc) is 3.20. The normalized spacial score (nSPS) is 17.8. The van der Waals surface area contributed by atoms with Gasteiger partial charge in [-0.25, -0.2) is 22.4 Å². The Balaban J connectivity index is 2.44. The minimum atomic E-state index is -1.65. The van der Waals surface area contributed by atoms with Gasteiger partial charge in [0.15, 0.2) is 35.0 Å². The van der Waals surface area contributed by atoms with Gasteiger partial charge in [0.25, 0.3) is 0 Å². The van der Waals surface area contributed by atoms with E-state index in [1.165, 1.54) is 13.8 Å². The molecule has 1 saturated heterocycles. The lowest BCUT2D eigenvalue weighted by Crippen LogP contribution is -2.44. The summed E-state index contributed by atoms with van der Waals surface area (Å²) in [6, 6.07) is -1.36. The van der Waals surface area contributed by atoms with Crippen LogP contribution in [0.4, 0.5) is 22.4 Å². The van der Waals surface area contributed by atoms with E-state index in [2.05, 4.69) is 0 Å². The summed E-state index contributed by atoms with van der Waals surface area (Å²) in [6.07, 6.45) is -2.20. The summed E-state index contributed by atoms with van der Waals surface area (Å²) >= 11 is 0. The number of ether oxygens (including phenoxy) is 3. The summed E-state index contributed by atoms with van der Waals surface area (Å²) in [5.74, 6) is -12.4. The van der Waals surface area contributed by atoms with Crippen molar-refractivity contribution >= 4 is 23.8 Å². The van der Waals surface area contributed by atoms with Crippen LogP contribution in [0, 0.1) is 29.2 Å². The molecule has 2 atom stereocenters. The van der Waals surface area contributed by atoms with Crippen molar-refractivity contribution in [2.24, 2.45) is 5.92 Å². The van der Waals surface area contributed by atoms with Crippen molar-refractivity contribution in [1.82, 2.24) is 4.90 Å². The predicted molar refractivity (Wildman–Crippen MR) is 117 cm³/mol. The molecule has 12 heteroatoms. The summed E-state index contributed by atoms with van der Waals surface area (Å²) in [6.45, 7) is 6.97. The van der Waals surface area contributed by atoms with Gasteiger partial charge in [-0.2, -0.15) is 0 Å². The van der Waals surface area contributed by atoms with Crippen LogP contribution in [-0.2, 0) is 28.6 Å². The van der Waals surface area contributed by atoms with Crippen LogP contribution < -0.4 is 0 Å². The molecule has 0 spiro atoms. The molecule has 2 rings (SSSR count). The summed E-state index contributed by atoms with van der Waals surface area (Å²) in [4.78, 5) is 51.5. The van der Waals surface area contributed by atoms with Crippen molar-refractivity contribution in [3.05, 3.63) is 34.9 Å². The zero-order valence-electron chi connectivity index (χ0n) is 20.7. The first-order valence-corrected chi connectivity index (χ1v) is 11.4. The number of hydrogen-bond acceptors (Lipinski definition) is 7. The van der Waals surface area contributed by atoms with Gasteiger partial charge in [-0.05, 0) is 41.0 Å². The number of rotatable bonds is 8. The third-order valence-electron chi connectivity index (χ3n) is 5.40. The van der Waals surface area contributed by atoms with Gasteiger partial charge in [-0.1, -0.05) is 0 Å². The molecule has 36 heavy (non-hydrogen) atoms. The molecule has 1 aromatic rings. The van der Waals surface area contributed by atoms with E-state index in [0.717, 1.165) is 4.90 Å². The van der Waals surface area contributed by atoms with Crippen LogP contribution in [0.3, 0.4) is 0 Å². The maximum atomic E-state index is 14.5. The summed E-state index contributed by atoms with van der Waals surface area (Å²) in [7, 11) is 0. The quantitative estimate of drug-likeness (QED) is 0.168. The molecule has 0 aromatic heterocycles. The van der Waals surface area contributed by atoms with E-state index in [4.69, 9.17) is 14.2 Å². The Morgan fingerprint density at radius 1 is 0.972 bits per heavy atom. The number of likely N-dealkylation sites (tertiary alicyclic amines) is 1. The number of hydrogen-bond donors (Lipinski definition) is 0. The zero-order valence-corrected chi connectivity index (χ0v) is 20.7. The van der Waals surface area contributed by atoms with Crippen LogP contribution >= 0.6 is 0 Å². The number of halogens is 4. The van der Waals surface area contributed by atoms with Crippen molar-refractivity contribution in [2.75, 3.05) is 19.8 Å². The van der Waals surface area contributed by atoms with E-state index in [1.807, 2.05) is 0 Å². The van der Waals surface area contributed by atoms with Gasteiger partial charge in [0.1, 0.15) is 5.60 Å². The lowest BCUT2D eigenvalue weighted by molar-refractivity contribution is -0.163. The molecular formula is C24H29F4NO7. The van der Waals surface area contributed by atoms with Gasteiger partial charge in [0.05, 0.1) is 19.3 Å². The van der Waals surface area contributed by atoms with E-state index in [0.29, 0.717) is 0 Å². The van der Waals surface area contributed by atoms with E-state index in [9.17, 15) is 36.7 Å². The number of carbonyl (C=O) groups excluding carboxylic acids is 4. The second kappa shape index (κ2) is 11.7. The first-order valence-electron chi connectivity index (χ1n) is 11.4. The molecule has 8 nitrogen and oxygen atoms in total. The summed E-state index contributed by atoms with van der Waals surface area (Å²) < 4.78 is 71.6. The van der Waals surface area contributed by atoms with Crippen LogP contribution in [0.2, 0.25) is 0 Å². The van der Waals surface area contributed by atoms with Gasteiger partial charge in [0.2, 0.25) is 0 Å². The summed E-state index contributed by atoms with van der Waals surface area (Å²) in [5.41, 5.74) is -1.97. The molecule has 0 saturated carbocycles. The highest BCUT2D eigenvalue weighted by molar-refractivity contribution is 6.01. The average molecular weight is 519 g/mol.